The average molecular weight is 338 g/mol. The van der Waals surface area contributed by atoms with E-state index in [0.29, 0.717) is 11.8 Å². The summed E-state index contributed by atoms with van der Waals surface area (Å²) in [5.74, 6) is 0.697. The van der Waals surface area contributed by atoms with E-state index in [1.54, 1.807) is 10.6 Å². The molecule has 1 fully saturated rings. The monoisotopic (exact) mass is 338 g/mol. The molecule has 0 N–H and O–H groups in total. The van der Waals surface area contributed by atoms with Crippen LogP contribution in [0, 0.1) is 6.92 Å². The molecule has 2 aromatic rings. The lowest BCUT2D eigenvalue weighted by molar-refractivity contribution is -0.117. The van der Waals surface area contributed by atoms with Crippen molar-refractivity contribution in [3.63, 3.8) is 0 Å². The molecule has 0 amide bonds. The SMILES string of the molecule is CCN1C[C@H](c2cc(C)n(CC(C)=O)c(=O)c2)[C@H](c2ccccc2)C1. The molecule has 0 saturated carbocycles. The van der Waals surface area contributed by atoms with E-state index in [9.17, 15) is 9.59 Å². The fraction of sp³-hybridized carbons (Fsp3) is 0.429. The normalized spacial score (nSPS) is 20.8. The van der Waals surface area contributed by atoms with Crippen molar-refractivity contribution < 1.29 is 4.79 Å². The van der Waals surface area contributed by atoms with Gasteiger partial charge in [-0.2, -0.15) is 0 Å². The molecule has 1 aliphatic rings. The highest BCUT2D eigenvalue weighted by molar-refractivity contribution is 5.75. The predicted octanol–water partition coefficient (Wildman–Crippen LogP) is 2.95. The van der Waals surface area contributed by atoms with Crippen LogP contribution in [0.3, 0.4) is 0 Å². The number of benzene rings is 1. The Hall–Kier alpha value is -2.20. The molecule has 132 valence electrons. The molecular formula is C21H26N2O2. The molecule has 1 saturated heterocycles. The molecule has 0 spiro atoms. The topological polar surface area (TPSA) is 42.3 Å². The van der Waals surface area contributed by atoms with Crippen LogP contribution in [0.15, 0.2) is 47.3 Å². The number of hydrogen-bond acceptors (Lipinski definition) is 3. The number of likely N-dealkylation sites (tertiary alicyclic amines) is 1. The lowest BCUT2D eigenvalue weighted by Gasteiger charge is -2.20. The number of carbonyl (C=O) groups excluding carboxylic acids is 1. The molecule has 3 rings (SSSR count). The van der Waals surface area contributed by atoms with Crippen LogP contribution in [0.4, 0.5) is 0 Å². The van der Waals surface area contributed by atoms with Crippen LogP contribution in [0.1, 0.15) is 42.5 Å². The number of rotatable bonds is 5. The van der Waals surface area contributed by atoms with Gasteiger partial charge in [0.1, 0.15) is 5.78 Å². The quantitative estimate of drug-likeness (QED) is 0.842. The maximum absolute atomic E-state index is 12.5. The Balaban J connectivity index is 1.98. The number of hydrogen-bond donors (Lipinski definition) is 0. The molecule has 2 atom stereocenters. The van der Waals surface area contributed by atoms with E-state index < -0.39 is 0 Å². The third kappa shape index (κ3) is 3.74. The molecule has 4 nitrogen and oxygen atoms in total. The van der Waals surface area contributed by atoms with Gasteiger partial charge in [-0.05, 0) is 37.6 Å². The lowest BCUT2D eigenvalue weighted by atomic mass is 9.84. The molecule has 1 aromatic carbocycles. The minimum atomic E-state index is -0.0769. The summed E-state index contributed by atoms with van der Waals surface area (Å²) in [6.45, 7) is 8.76. The van der Waals surface area contributed by atoms with Crippen LogP contribution in [0.2, 0.25) is 0 Å². The third-order valence-corrected chi connectivity index (χ3v) is 5.24. The Bertz CT molecular complexity index is 810. The Morgan fingerprint density at radius 3 is 2.28 bits per heavy atom. The second kappa shape index (κ2) is 7.36. The summed E-state index contributed by atoms with van der Waals surface area (Å²) in [5.41, 5.74) is 3.20. The first-order valence-corrected chi connectivity index (χ1v) is 8.97. The van der Waals surface area contributed by atoms with Gasteiger partial charge in [-0.1, -0.05) is 37.3 Å². The standard InChI is InChI=1S/C21H26N2O2/c1-4-22-13-19(17-8-6-5-7-9-17)20(14-22)18-10-15(2)23(12-16(3)24)21(25)11-18/h5-11,19-20H,4,12-14H2,1-3H3/t19-,20+/m0/s1. The summed E-state index contributed by atoms with van der Waals surface area (Å²) in [7, 11) is 0. The molecule has 25 heavy (non-hydrogen) atoms. The van der Waals surface area contributed by atoms with Crippen molar-refractivity contribution in [2.45, 2.75) is 39.2 Å². The van der Waals surface area contributed by atoms with Crippen molar-refractivity contribution >= 4 is 5.78 Å². The van der Waals surface area contributed by atoms with Gasteiger partial charge in [0.05, 0.1) is 6.54 Å². The molecule has 1 aromatic heterocycles. The van der Waals surface area contributed by atoms with Gasteiger partial charge in [-0.3, -0.25) is 9.59 Å². The predicted molar refractivity (Wildman–Crippen MR) is 100 cm³/mol. The summed E-state index contributed by atoms with van der Waals surface area (Å²) in [5, 5.41) is 0. The van der Waals surface area contributed by atoms with Gasteiger partial charge >= 0.3 is 0 Å². The molecule has 0 aliphatic carbocycles. The van der Waals surface area contributed by atoms with Crippen LogP contribution in [-0.4, -0.2) is 34.9 Å². The number of likely N-dealkylation sites (N-methyl/N-ethyl adjacent to an activating group) is 1. The number of carbonyl (C=O) groups is 1. The largest absolute Gasteiger partial charge is 0.306 e. The smallest absolute Gasteiger partial charge is 0.251 e. The molecule has 2 heterocycles. The van der Waals surface area contributed by atoms with Crippen LogP contribution < -0.4 is 5.56 Å². The van der Waals surface area contributed by atoms with Gasteiger partial charge in [0.15, 0.2) is 0 Å². The van der Waals surface area contributed by atoms with Crippen molar-refractivity contribution in [2.75, 3.05) is 19.6 Å². The van der Waals surface area contributed by atoms with E-state index in [1.165, 1.54) is 12.5 Å². The highest BCUT2D eigenvalue weighted by Gasteiger charge is 2.34. The zero-order valence-corrected chi connectivity index (χ0v) is 15.2. The van der Waals surface area contributed by atoms with Crippen LogP contribution >= 0.6 is 0 Å². The first-order valence-electron chi connectivity index (χ1n) is 8.97. The minimum absolute atomic E-state index is 0.00173. The first kappa shape index (κ1) is 17.6. The van der Waals surface area contributed by atoms with Crippen molar-refractivity contribution in [3.8, 4) is 0 Å². The van der Waals surface area contributed by atoms with Crippen molar-refractivity contribution in [2.24, 2.45) is 0 Å². The van der Waals surface area contributed by atoms with E-state index >= 15 is 0 Å². The molecule has 4 heteroatoms. The number of ketones is 1. The summed E-state index contributed by atoms with van der Waals surface area (Å²) in [4.78, 5) is 26.4. The number of aromatic nitrogens is 1. The zero-order chi connectivity index (χ0) is 18.0. The highest BCUT2D eigenvalue weighted by atomic mass is 16.1. The molecular weight excluding hydrogens is 312 g/mol. The highest BCUT2D eigenvalue weighted by Crippen LogP contribution is 2.39. The molecule has 0 unspecified atom stereocenters. The van der Waals surface area contributed by atoms with Gasteiger partial charge in [0.25, 0.3) is 5.56 Å². The summed E-state index contributed by atoms with van der Waals surface area (Å²) in [6.07, 6.45) is 0. The van der Waals surface area contributed by atoms with Gasteiger partial charge in [0, 0.05) is 36.7 Å². The van der Waals surface area contributed by atoms with Gasteiger partial charge in [-0.15, -0.1) is 0 Å². The van der Waals surface area contributed by atoms with Crippen molar-refractivity contribution in [1.82, 2.24) is 9.47 Å². The fourth-order valence-electron chi connectivity index (χ4n) is 3.91. The number of Topliss-reactive ketones (excluding diaryl/α,β-unsaturated/α-hetero) is 1. The summed E-state index contributed by atoms with van der Waals surface area (Å²) < 4.78 is 1.57. The Labute approximate surface area is 149 Å². The summed E-state index contributed by atoms with van der Waals surface area (Å²) in [6, 6.07) is 14.4. The van der Waals surface area contributed by atoms with E-state index in [2.05, 4.69) is 42.2 Å². The average Bonchev–Trinajstić information content (AvgIpc) is 3.03. The molecule has 0 bridgehead atoms. The Morgan fingerprint density at radius 2 is 1.72 bits per heavy atom. The number of pyridine rings is 1. The Morgan fingerprint density at radius 1 is 1.08 bits per heavy atom. The van der Waals surface area contributed by atoms with E-state index in [-0.39, 0.29) is 17.9 Å². The second-order valence-electron chi connectivity index (χ2n) is 7.03. The maximum Gasteiger partial charge on any atom is 0.251 e. The number of nitrogens with zero attached hydrogens (tertiary/aromatic N) is 2. The van der Waals surface area contributed by atoms with Crippen LogP contribution in [0.25, 0.3) is 0 Å². The van der Waals surface area contributed by atoms with Gasteiger partial charge in [0.2, 0.25) is 0 Å². The van der Waals surface area contributed by atoms with E-state index in [0.717, 1.165) is 30.9 Å². The van der Waals surface area contributed by atoms with Gasteiger partial charge in [-0.25, -0.2) is 0 Å². The number of aryl methyl sites for hydroxylation is 1. The van der Waals surface area contributed by atoms with Crippen molar-refractivity contribution in [1.29, 1.82) is 0 Å². The summed E-state index contributed by atoms with van der Waals surface area (Å²) >= 11 is 0. The van der Waals surface area contributed by atoms with Crippen molar-refractivity contribution in [3.05, 3.63) is 69.6 Å². The van der Waals surface area contributed by atoms with Gasteiger partial charge < -0.3 is 9.47 Å². The fourth-order valence-corrected chi connectivity index (χ4v) is 3.91. The first-order chi connectivity index (χ1) is 12.0. The Kier molecular flexibility index (Phi) is 5.19. The van der Waals surface area contributed by atoms with E-state index in [1.807, 2.05) is 13.0 Å². The molecule has 0 radical (unpaired) electrons. The maximum atomic E-state index is 12.5. The second-order valence-corrected chi connectivity index (χ2v) is 7.03. The zero-order valence-electron chi connectivity index (χ0n) is 15.2. The van der Waals surface area contributed by atoms with Crippen LogP contribution in [-0.2, 0) is 11.3 Å². The minimum Gasteiger partial charge on any atom is -0.306 e. The van der Waals surface area contributed by atoms with E-state index in [4.69, 9.17) is 0 Å². The third-order valence-electron chi connectivity index (χ3n) is 5.24. The molecule has 1 aliphatic heterocycles. The van der Waals surface area contributed by atoms with Crippen LogP contribution in [0.5, 0.6) is 0 Å². The lowest BCUT2D eigenvalue weighted by Crippen LogP contribution is -2.26.